The molecule has 2 rings (SSSR count). The molecule has 1 saturated heterocycles. The predicted molar refractivity (Wildman–Crippen MR) is 85.0 cm³/mol. The van der Waals surface area contributed by atoms with Crippen LogP contribution in [0.3, 0.4) is 0 Å². The van der Waals surface area contributed by atoms with Crippen molar-refractivity contribution in [2.45, 2.75) is 12.5 Å². The van der Waals surface area contributed by atoms with Crippen molar-refractivity contribution < 1.29 is 29.7 Å². The van der Waals surface area contributed by atoms with Gasteiger partial charge in [-0.15, -0.1) is 0 Å². The summed E-state index contributed by atoms with van der Waals surface area (Å²) in [4.78, 5) is 33.6. The summed E-state index contributed by atoms with van der Waals surface area (Å²) in [5.41, 5.74) is 6.30. The Bertz CT molecular complexity index is 536. The molecule has 1 atom stereocenters. The first kappa shape index (κ1) is 19.2. The van der Waals surface area contributed by atoms with Gasteiger partial charge >= 0.3 is 18.2 Å². The number of rotatable bonds is 3. The van der Waals surface area contributed by atoms with E-state index in [1.54, 1.807) is 0 Å². The van der Waals surface area contributed by atoms with Crippen molar-refractivity contribution >= 4 is 18.2 Å². The van der Waals surface area contributed by atoms with Crippen molar-refractivity contribution in [2.75, 3.05) is 26.2 Å². The summed E-state index contributed by atoms with van der Waals surface area (Å²) >= 11 is 0. The molecule has 9 heteroatoms. The van der Waals surface area contributed by atoms with Crippen molar-refractivity contribution in [2.24, 2.45) is 5.73 Å². The van der Waals surface area contributed by atoms with Gasteiger partial charge in [-0.2, -0.15) is 0 Å². The van der Waals surface area contributed by atoms with Gasteiger partial charge in [-0.1, -0.05) is 30.3 Å². The number of piperazine rings is 1. The molecule has 1 aromatic rings. The fourth-order valence-corrected chi connectivity index (χ4v) is 2.04. The predicted octanol–water partition coefficient (Wildman–Crippen LogP) is 0.601. The van der Waals surface area contributed by atoms with Gasteiger partial charge in [0.05, 0.1) is 0 Å². The number of benzene rings is 1. The quantitative estimate of drug-likeness (QED) is 0.631. The lowest BCUT2D eigenvalue weighted by molar-refractivity contribution is -0.138. The van der Waals surface area contributed by atoms with Crippen molar-refractivity contribution in [3.8, 4) is 0 Å². The normalized spacial score (nSPS) is 15.0. The van der Waals surface area contributed by atoms with Crippen LogP contribution in [0.4, 0.5) is 9.59 Å². The van der Waals surface area contributed by atoms with Gasteiger partial charge in [-0.25, -0.2) is 9.59 Å². The first-order chi connectivity index (χ1) is 11.3. The Kier molecular flexibility index (Phi) is 7.50. The van der Waals surface area contributed by atoms with Crippen LogP contribution in [0.5, 0.6) is 0 Å². The Labute approximate surface area is 138 Å². The molecule has 1 heterocycles. The van der Waals surface area contributed by atoms with E-state index in [-0.39, 0.29) is 26.2 Å². The largest absolute Gasteiger partial charge is 0.480 e. The van der Waals surface area contributed by atoms with Crippen molar-refractivity contribution in [1.29, 1.82) is 0 Å². The van der Waals surface area contributed by atoms with E-state index in [1.165, 1.54) is 9.80 Å². The summed E-state index contributed by atoms with van der Waals surface area (Å²) < 4.78 is 0. The number of carboxylic acids is 1. The number of carboxylic acid groups (broad SMARTS) is 3. The van der Waals surface area contributed by atoms with E-state index >= 15 is 0 Å². The third kappa shape index (κ3) is 6.53. The van der Waals surface area contributed by atoms with Crippen LogP contribution in [0.2, 0.25) is 0 Å². The molecule has 24 heavy (non-hydrogen) atoms. The molecule has 5 N–H and O–H groups in total. The molecule has 0 aliphatic carbocycles. The summed E-state index contributed by atoms with van der Waals surface area (Å²) in [7, 11) is 0. The zero-order valence-electron chi connectivity index (χ0n) is 13.0. The van der Waals surface area contributed by atoms with Crippen molar-refractivity contribution in [3.63, 3.8) is 0 Å². The molecule has 0 bridgehead atoms. The van der Waals surface area contributed by atoms with Gasteiger partial charge in [0.15, 0.2) is 0 Å². The van der Waals surface area contributed by atoms with Crippen LogP contribution in [0.1, 0.15) is 5.56 Å². The SMILES string of the molecule is N[C@@H](Cc1ccccc1)C(=O)O.O=C(O)N1CCN(C(=O)O)CC1. The second-order valence-electron chi connectivity index (χ2n) is 5.17. The zero-order valence-corrected chi connectivity index (χ0v) is 13.0. The van der Waals surface area contributed by atoms with Crippen LogP contribution < -0.4 is 5.73 Å². The maximum atomic E-state index is 10.4. The Morgan fingerprint density at radius 3 is 1.67 bits per heavy atom. The molecule has 132 valence electrons. The van der Waals surface area contributed by atoms with Crippen LogP contribution >= 0.6 is 0 Å². The average Bonchev–Trinajstić information content (AvgIpc) is 2.56. The van der Waals surface area contributed by atoms with E-state index < -0.39 is 24.2 Å². The first-order valence-electron chi connectivity index (χ1n) is 7.29. The zero-order chi connectivity index (χ0) is 18.1. The second-order valence-corrected chi connectivity index (χ2v) is 5.17. The smallest absolute Gasteiger partial charge is 0.407 e. The molecule has 2 amide bonds. The summed E-state index contributed by atoms with van der Waals surface area (Å²) in [5.74, 6) is -0.959. The third-order valence-corrected chi connectivity index (χ3v) is 3.44. The van der Waals surface area contributed by atoms with Crippen LogP contribution in [0, 0.1) is 0 Å². The molecular formula is C15H21N3O6. The first-order valence-corrected chi connectivity index (χ1v) is 7.29. The van der Waals surface area contributed by atoms with Crippen molar-refractivity contribution in [3.05, 3.63) is 35.9 Å². The average molecular weight is 339 g/mol. The summed E-state index contributed by atoms with van der Waals surface area (Å²) in [5, 5.41) is 25.6. The molecule has 1 aliphatic rings. The lowest BCUT2D eigenvalue weighted by Gasteiger charge is -2.31. The van der Waals surface area contributed by atoms with E-state index in [1.807, 2.05) is 30.3 Å². The van der Waals surface area contributed by atoms with Crippen LogP contribution in [0.15, 0.2) is 30.3 Å². The second kappa shape index (κ2) is 9.36. The molecule has 0 spiro atoms. The van der Waals surface area contributed by atoms with Gasteiger partial charge < -0.3 is 30.9 Å². The molecule has 9 nitrogen and oxygen atoms in total. The minimum Gasteiger partial charge on any atom is -0.480 e. The molecule has 0 unspecified atom stereocenters. The number of hydrogen-bond acceptors (Lipinski definition) is 4. The molecule has 1 aliphatic heterocycles. The van der Waals surface area contributed by atoms with E-state index in [0.29, 0.717) is 6.42 Å². The molecule has 1 fully saturated rings. The third-order valence-electron chi connectivity index (χ3n) is 3.44. The summed E-state index contributed by atoms with van der Waals surface area (Å²) in [6.07, 6.45) is -1.59. The number of hydrogen-bond donors (Lipinski definition) is 4. The highest BCUT2D eigenvalue weighted by molar-refractivity contribution is 5.73. The minimum absolute atomic E-state index is 0.266. The fourth-order valence-electron chi connectivity index (χ4n) is 2.04. The standard InChI is InChI=1S/C9H11NO2.C6H10N2O4/c10-8(9(11)12)6-7-4-2-1-3-5-7;9-5(10)7-1-2-8(4-3-7)6(11)12/h1-5,8H,6,10H2,(H,11,12);1-4H2,(H,9,10)(H,11,12)/t8-;/m0./s1. The van der Waals surface area contributed by atoms with E-state index in [0.717, 1.165) is 5.56 Å². The number of aliphatic carboxylic acids is 1. The van der Waals surface area contributed by atoms with Gasteiger partial charge in [-0.05, 0) is 12.0 Å². The van der Waals surface area contributed by atoms with Crippen LogP contribution in [0.25, 0.3) is 0 Å². The van der Waals surface area contributed by atoms with E-state index in [2.05, 4.69) is 0 Å². The highest BCUT2D eigenvalue weighted by atomic mass is 16.4. The lowest BCUT2D eigenvalue weighted by atomic mass is 10.1. The number of amides is 2. The monoisotopic (exact) mass is 339 g/mol. The Morgan fingerprint density at radius 1 is 0.917 bits per heavy atom. The molecule has 0 saturated carbocycles. The Balaban J connectivity index is 0.000000240. The van der Waals surface area contributed by atoms with Gasteiger partial charge in [0, 0.05) is 26.2 Å². The maximum Gasteiger partial charge on any atom is 0.407 e. The summed E-state index contributed by atoms with van der Waals surface area (Å²) in [6, 6.07) is 8.54. The van der Waals surface area contributed by atoms with Crippen LogP contribution in [-0.4, -0.2) is 75.5 Å². The molecule has 1 aromatic carbocycles. The maximum absolute atomic E-state index is 10.4. The molecular weight excluding hydrogens is 318 g/mol. The lowest BCUT2D eigenvalue weighted by Crippen LogP contribution is -2.49. The van der Waals surface area contributed by atoms with Gasteiger partial charge in [0.2, 0.25) is 0 Å². The molecule has 0 radical (unpaired) electrons. The van der Waals surface area contributed by atoms with Crippen molar-refractivity contribution in [1.82, 2.24) is 9.80 Å². The summed E-state index contributed by atoms with van der Waals surface area (Å²) in [6.45, 7) is 1.06. The van der Waals surface area contributed by atoms with Crippen LogP contribution in [-0.2, 0) is 11.2 Å². The number of nitrogens with two attached hydrogens (primary N) is 1. The fraction of sp³-hybridized carbons (Fsp3) is 0.400. The highest BCUT2D eigenvalue weighted by Gasteiger charge is 2.22. The molecule has 0 aromatic heterocycles. The number of nitrogens with zero attached hydrogens (tertiary/aromatic N) is 2. The van der Waals surface area contributed by atoms with Gasteiger partial charge in [0.1, 0.15) is 6.04 Å². The van der Waals surface area contributed by atoms with E-state index in [9.17, 15) is 14.4 Å². The topological polar surface area (TPSA) is 144 Å². The Hall–Kier alpha value is -2.81. The minimum atomic E-state index is -0.986. The Morgan fingerprint density at radius 2 is 1.33 bits per heavy atom. The number of carbonyl (C=O) groups is 3. The highest BCUT2D eigenvalue weighted by Crippen LogP contribution is 2.02. The van der Waals surface area contributed by atoms with Gasteiger partial charge in [-0.3, -0.25) is 4.79 Å². The van der Waals surface area contributed by atoms with E-state index in [4.69, 9.17) is 21.1 Å². The van der Waals surface area contributed by atoms with Gasteiger partial charge in [0.25, 0.3) is 0 Å².